The molecule has 6 heteroatoms. The van der Waals surface area contributed by atoms with Crippen LogP contribution in [0.5, 0.6) is 0 Å². The van der Waals surface area contributed by atoms with Gasteiger partial charge in [0.05, 0.1) is 10.0 Å². The first-order valence-corrected chi connectivity index (χ1v) is 8.96. The van der Waals surface area contributed by atoms with Crippen molar-refractivity contribution < 1.29 is 9.59 Å². The van der Waals surface area contributed by atoms with E-state index >= 15 is 0 Å². The van der Waals surface area contributed by atoms with Gasteiger partial charge < -0.3 is 10.2 Å². The zero-order valence-corrected chi connectivity index (χ0v) is 15.1. The number of nitrogens with one attached hydrogen (secondary N) is 1. The van der Waals surface area contributed by atoms with E-state index < -0.39 is 0 Å². The molecule has 2 aromatic rings. The molecule has 25 heavy (non-hydrogen) atoms. The Bertz CT molecular complexity index is 785. The Morgan fingerprint density at radius 2 is 1.48 bits per heavy atom. The Labute approximate surface area is 156 Å². The molecule has 130 valence electrons. The van der Waals surface area contributed by atoms with E-state index in [2.05, 4.69) is 5.32 Å². The summed E-state index contributed by atoms with van der Waals surface area (Å²) in [6.45, 7) is 1.61. The van der Waals surface area contributed by atoms with Crippen molar-refractivity contribution in [1.29, 1.82) is 0 Å². The number of amides is 2. The van der Waals surface area contributed by atoms with Gasteiger partial charge in [0.25, 0.3) is 11.8 Å². The number of carbonyl (C=O) groups is 2. The maximum absolute atomic E-state index is 12.4. The van der Waals surface area contributed by atoms with E-state index in [9.17, 15) is 9.59 Å². The Morgan fingerprint density at radius 3 is 2.12 bits per heavy atom. The summed E-state index contributed by atoms with van der Waals surface area (Å²) in [6, 6.07) is 11.6. The van der Waals surface area contributed by atoms with Crippen LogP contribution in [0.1, 0.15) is 40.0 Å². The largest absolute Gasteiger partial charge is 0.339 e. The van der Waals surface area contributed by atoms with Crippen molar-refractivity contribution in [3.05, 3.63) is 63.6 Å². The second kappa shape index (κ2) is 7.89. The Kier molecular flexibility index (Phi) is 5.61. The second-order valence-corrected chi connectivity index (χ2v) is 6.83. The van der Waals surface area contributed by atoms with E-state index in [1.165, 1.54) is 6.42 Å². The van der Waals surface area contributed by atoms with E-state index in [0.29, 0.717) is 26.9 Å². The van der Waals surface area contributed by atoms with Gasteiger partial charge in [-0.15, -0.1) is 0 Å². The van der Waals surface area contributed by atoms with E-state index in [1.807, 2.05) is 4.90 Å². The molecule has 1 heterocycles. The van der Waals surface area contributed by atoms with E-state index in [4.69, 9.17) is 23.2 Å². The minimum absolute atomic E-state index is 0.0242. The second-order valence-electron chi connectivity index (χ2n) is 6.01. The lowest BCUT2D eigenvalue weighted by molar-refractivity contribution is 0.0724. The summed E-state index contributed by atoms with van der Waals surface area (Å²) in [5.41, 5.74) is 1.64. The molecule has 4 nitrogen and oxygen atoms in total. The van der Waals surface area contributed by atoms with Crippen LogP contribution in [-0.2, 0) is 0 Å². The maximum atomic E-state index is 12.4. The first-order valence-electron chi connectivity index (χ1n) is 8.20. The number of benzene rings is 2. The third kappa shape index (κ3) is 4.33. The van der Waals surface area contributed by atoms with E-state index in [0.717, 1.165) is 25.9 Å². The van der Waals surface area contributed by atoms with Crippen molar-refractivity contribution in [3.63, 3.8) is 0 Å². The first kappa shape index (κ1) is 17.8. The van der Waals surface area contributed by atoms with Gasteiger partial charge in [0.15, 0.2) is 0 Å². The fraction of sp³-hybridized carbons (Fsp3) is 0.263. The first-order chi connectivity index (χ1) is 12.0. The highest BCUT2D eigenvalue weighted by Gasteiger charge is 2.18. The van der Waals surface area contributed by atoms with Gasteiger partial charge in [-0.3, -0.25) is 9.59 Å². The molecule has 1 aliphatic rings. The average Bonchev–Trinajstić information content (AvgIpc) is 2.65. The zero-order chi connectivity index (χ0) is 17.8. The molecule has 1 aliphatic heterocycles. The van der Waals surface area contributed by atoms with Crippen molar-refractivity contribution in [2.75, 3.05) is 18.4 Å². The summed E-state index contributed by atoms with van der Waals surface area (Å²) < 4.78 is 0. The standard InChI is InChI=1S/C19H18Cl2N2O2/c20-16-9-8-15(12-17(16)21)22-18(24)13-4-6-14(7-5-13)19(25)23-10-2-1-3-11-23/h4-9,12H,1-3,10-11H2,(H,22,24). The van der Waals surface area contributed by atoms with Gasteiger partial charge in [0, 0.05) is 29.9 Å². The summed E-state index contributed by atoms with van der Waals surface area (Å²) in [5.74, 6) is -0.244. The summed E-state index contributed by atoms with van der Waals surface area (Å²) in [6.07, 6.45) is 3.28. The lowest BCUT2D eigenvalue weighted by atomic mass is 10.1. The van der Waals surface area contributed by atoms with Gasteiger partial charge in [-0.05, 0) is 61.7 Å². The number of rotatable bonds is 3. The van der Waals surface area contributed by atoms with Crippen molar-refractivity contribution in [2.45, 2.75) is 19.3 Å². The fourth-order valence-corrected chi connectivity index (χ4v) is 3.12. The monoisotopic (exact) mass is 376 g/mol. The average molecular weight is 377 g/mol. The van der Waals surface area contributed by atoms with Gasteiger partial charge >= 0.3 is 0 Å². The molecule has 1 N–H and O–H groups in total. The molecule has 0 aromatic heterocycles. The number of carbonyl (C=O) groups excluding carboxylic acids is 2. The van der Waals surface area contributed by atoms with E-state index in [1.54, 1.807) is 42.5 Å². The molecule has 0 atom stereocenters. The van der Waals surface area contributed by atoms with Crippen molar-refractivity contribution in [3.8, 4) is 0 Å². The number of anilines is 1. The Hall–Kier alpha value is -2.04. The number of nitrogens with zero attached hydrogens (tertiary/aromatic N) is 1. The summed E-state index contributed by atoms with van der Waals surface area (Å²) in [5, 5.41) is 3.57. The summed E-state index contributed by atoms with van der Waals surface area (Å²) in [4.78, 5) is 26.6. The van der Waals surface area contributed by atoms with Gasteiger partial charge in [0.1, 0.15) is 0 Å². The molecule has 0 bridgehead atoms. The number of likely N-dealkylation sites (tertiary alicyclic amines) is 1. The van der Waals surface area contributed by atoms with Gasteiger partial charge in [-0.2, -0.15) is 0 Å². The lowest BCUT2D eigenvalue weighted by Crippen LogP contribution is -2.35. The van der Waals surface area contributed by atoms with Crippen molar-refractivity contribution >= 4 is 40.7 Å². The fourth-order valence-electron chi connectivity index (χ4n) is 2.82. The number of halogens is 2. The molecule has 0 saturated carbocycles. The highest BCUT2D eigenvalue weighted by molar-refractivity contribution is 6.42. The minimum atomic E-state index is -0.268. The summed E-state index contributed by atoms with van der Waals surface area (Å²) >= 11 is 11.8. The van der Waals surface area contributed by atoms with Gasteiger partial charge in [0.2, 0.25) is 0 Å². The SMILES string of the molecule is O=C(Nc1ccc(Cl)c(Cl)c1)c1ccc(C(=O)N2CCCCC2)cc1. The smallest absolute Gasteiger partial charge is 0.255 e. The molecule has 0 radical (unpaired) electrons. The van der Waals surface area contributed by atoms with Crippen molar-refractivity contribution in [2.24, 2.45) is 0 Å². The molecule has 0 spiro atoms. The topological polar surface area (TPSA) is 49.4 Å². The third-order valence-electron chi connectivity index (χ3n) is 4.21. The molecule has 0 aliphatic carbocycles. The molecule has 3 rings (SSSR count). The van der Waals surface area contributed by atoms with E-state index in [-0.39, 0.29) is 11.8 Å². The molecule has 1 fully saturated rings. The normalized spacial score (nSPS) is 14.2. The Balaban J connectivity index is 1.67. The van der Waals surface area contributed by atoms with Crippen LogP contribution in [-0.4, -0.2) is 29.8 Å². The maximum Gasteiger partial charge on any atom is 0.255 e. The number of piperidine rings is 1. The quantitative estimate of drug-likeness (QED) is 0.830. The molecule has 0 unspecified atom stereocenters. The molecule has 2 amide bonds. The van der Waals surface area contributed by atoms with Crippen LogP contribution >= 0.6 is 23.2 Å². The van der Waals surface area contributed by atoms with Gasteiger partial charge in [-0.25, -0.2) is 0 Å². The van der Waals surface area contributed by atoms with Crippen LogP contribution in [0.3, 0.4) is 0 Å². The highest BCUT2D eigenvalue weighted by atomic mass is 35.5. The van der Waals surface area contributed by atoms with Crippen LogP contribution in [0.4, 0.5) is 5.69 Å². The van der Waals surface area contributed by atoms with Gasteiger partial charge in [-0.1, -0.05) is 23.2 Å². The predicted molar refractivity (Wildman–Crippen MR) is 101 cm³/mol. The molecular formula is C19H18Cl2N2O2. The number of hydrogen-bond acceptors (Lipinski definition) is 2. The molecule has 1 saturated heterocycles. The van der Waals surface area contributed by atoms with Crippen LogP contribution in [0.25, 0.3) is 0 Å². The van der Waals surface area contributed by atoms with Crippen molar-refractivity contribution in [1.82, 2.24) is 4.90 Å². The lowest BCUT2D eigenvalue weighted by Gasteiger charge is -2.26. The van der Waals surface area contributed by atoms with Crippen LogP contribution < -0.4 is 5.32 Å². The molecular weight excluding hydrogens is 359 g/mol. The molecule has 2 aromatic carbocycles. The predicted octanol–water partition coefficient (Wildman–Crippen LogP) is 4.87. The highest BCUT2D eigenvalue weighted by Crippen LogP contribution is 2.25. The summed E-state index contributed by atoms with van der Waals surface area (Å²) in [7, 11) is 0. The van der Waals surface area contributed by atoms with Crippen LogP contribution in [0, 0.1) is 0 Å². The minimum Gasteiger partial charge on any atom is -0.339 e. The van der Waals surface area contributed by atoms with Crippen LogP contribution in [0.2, 0.25) is 10.0 Å². The zero-order valence-electron chi connectivity index (χ0n) is 13.6. The van der Waals surface area contributed by atoms with Crippen LogP contribution in [0.15, 0.2) is 42.5 Å². The Morgan fingerprint density at radius 1 is 0.840 bits per heavy atom. The third-order valence-corrected chi connectivity index (χ3v) is 4.95. The number of hydrogen-bond donors (Lipinski definition) is 1.